The maximum absolute atomic E-state index is 5.88. The summed E-state index contributed by atoms with van der Waals surface area (Å²) in [6, 6.07) is 6.25. The van der Waals surface area contributed by atoms with Crippen molar-refractivity contribution in [3.63, 3.8) is 0 Å². The third-order valence-electron chi connectivity index (χ3n) is 2.38. The van der Waals surface area contributed by atoms with Crippen LogP contribution in [0.3, 0.4) is 0 Å². The Bertz CT molecular complexity index is 473. The van der Waals surface area contributed by atoms with Crippen LogP contribution in [0.1, 0.15) is 14.6 Å². The smallest absolute Gasteiger partial charge is 0.0931 e. The highest BCUT2D eigenvalue weighted by Crippen LogP contribution is 2.26. The Morgan fingerprint density at radius 3 is 2.71 bits per heavy atom. The number of hydrogen-bond acceptors (Lipinski definition) is 3. The van der Waals surface area contributed by atoms with E-state index in [1.54, 1.807) is 11.3 Å². The molecule has 2 rings (SSSR count). The van der Waals surface area contributed by atoms with E-state index in [2.05, 4.69) is 40.3 Å². The molecular formula is C12H13BrClNS2. The van der Waals surface area contributed by atoms with Gasteiger partial charge in [0.2, 0.25) is 0 Å². The van der Waals surface area contributed by atoms with Gasteiger partial charge in [0.25, 0.3) is 0 Å². The minimum Gasteiger partial charge on any atom is -0.311 e. The first-order chi connectivity index (χ1) is 8.15. The van der Waals surface area contributed by atoms with Crippen molar-refractivity contribution in [1.29, 1.82) is 0 Å². The minimum absolute atomic E-state index is 0.873. The molecule has 0 atom stereocenters. The number of nitrogens with one attached hydrogen (secondary N) is 1. The molecule has 5 heteroatoms. The summed E-state index contributed by atoms with van der Waals surface area (Å²) in [4.78, 5) is 4.05. The van der Waals surface area contributed by atoms with Crippen molar-refractivity contribution in [2.24, 2.45) is 0 Å². The molecule has 0 saturated carbocycles. The highest BCUT2D eigenvalue weighted by molar-refractivity contribution is 9.10. The third kappa shape index (κ3) is 4.07. The summed E-state index contributed by atoms with van der Waals surface area (Å²) in [7, 11) is 0. The van der Waals surface area contributed by atoms with Gasteiger partial charge < -0.3 is 5.32 Å². The lowest BCUT2D eigenvalue weighted by Crippen LogP contribution is -2.15. The highest BCUT2D eigenvalue weighted by Gasteiger charge is 2.02. The molecule has 92 valence electrons. The highest BCUT2D eigenvalue weighted by atomic mass is 79.9. The predicted molar refractivity (Wildman–Crippen MR) is 81.5 cm³/mol. The fourth-order valence-corrected chi connectivity index (χ4v) is 4.17. The number of thiophene rings is 2. The van der Waals surface area contributed by atoms with Crippen LogP contribution < -0.4 is 5.32 Å². The van der Waals surface area contributed by atoms with E-state index in [1.165, 1.54) is 19.1 Å². The lowest BCUT2D eigenvalue weighted by atomic mass is 10.3. The summed E-state index contributed by atoms with van der Waals surface area (Å²) < 4.78 is 2.09. The van der Waals surface area contributed by atoms with E-state index < -0.39 is 0 Å². The summed E-state index contributed by atoms with van der Waals surface area (Å²) in [5.41, 5.74) is 0. The summed E-state index contributed by atoms with van der Waals surface area (Å²) in [5.74, 6) is 0. The van der Waals surface area contributed by atoms with E-state index in [-0.39, 0.29) is 0 Å². The topological polar surface area (TPSA) is 12.0 Å². The molecule has 0 spiro atoms. The zero-order valence-electron chi connectivity index (χ0n) is 9.43. The van der Waals surface area contributed by atoms with Crippen molar-refractivity contribution in [3.05, 3.63) is 41.6 Å². The van der Waals surface area contributed by atoms with Gasteiger partial charge in [-0.05, 0) is 47.5 Å². The third-order valence-corrected chi connectivity index (χ3v) is 5.81. The van der Waals surface area contributed by atoms with Gasteiger partial charge in [-0.2, -0.15) is 0 Å². The van der Waals surface area contributed by atoms with E-state index in [0.717, 1.165) is 23.8 Å². The van der Waals surface area contributed by atoms with E-state index >= 15 is 0 Å². The summed E-state index contributed by atoms with van der Waals surface area (Å²) >= 11 is 12.9. The average molecular weight is 351 g/mol. The molecule has 0 fully saturated rings. The molecule has 2 aromatic rings. The van der Waals surface area contributed by atoms with E-state index in [1.807, 2.05) is 17.4 Å². The van der Waals surface area contributed by atoms with Crippen LogP contribution in [0.25, 0.3) is 0 Å². The zero-order valence-corrected chi connectivity index (χ0v) is 13.4. The summed E-state index contributed by atoms with van der Waals surface area (Å²) in [6.07, 6.45) is 1.04. The van der Waals surface area contributed by atoms with Gasteiger partial charge >= 0.3 is 0 Å². The standard InChI is InChI=1S/C12H13BrClNS2/c1-8-11(13)6-10(16-8)7-15-5-4-9-2-3-12(14)17-9/h2-3,6,15H,4-5,7H2,1H3. The van der Waals surface area contributed by atoms with Crippen molar-refractivity contribution in [2.75, 3.05) is 6.54 Å². The average Bonchev–Trinajstić information content (AvgIpc) is 2.82. The summed E-state index contributed by atoms with van der Waals surface area (Å²) in [5, 5.41) is 3.45. The number of aryl methyl sites for hydroxylation is 1. The van der Waals surface area contributed by atoms with Crippen LogP contribution in [0.5, 0.6) is 0 Å². The van der Waals surface area contributed by atoms with Gasteiger partial charge in [-0.15, -0.1) is 22.7 Å². The van der Waals surface area contributed by atoms with Gasteiger partial charge in [0, 0.05) is 32.2 Å². The summed E-state index contributed by atoms with van der Waals surface area (Å²) in [6.45, 7) is 4.06. The van der Waals surface area contributed by atoms with E-state index in [0.29, 0.717) is 0 Å². The van der Waals surface area contributed by atoms with Gasteiger partial charge in [0.05, 0.1) is 4.34 Å². The minimum atomic E-state index is 0.873. The lowest BCUT2D eigenvalue weighted by Gasteiger charge is -2.01. The Kier molecular flexibility index (Phi) is 5.06. The van der Waals surface area contributed by atoms with Crippen molar-refractivity contribution >= 4 is 50.2 Å². The van der Waals surface area contributed by atoms with Gasteiger partial charge in [-0.25, -0.2) is 0 Å². The molecule has 0 aliphatic carbocycles. The molecule has 0 amide bonds. The Labute approximate surface area is 123 Å². The monoisotopic (exact) mass is 349 g/mol. The van der Waals surface area contributed by atoms with Gasteiger partial charge in [-0.1, -0.05) is 11.6 Å². The Hall–Kier alpha value is 0.130. The second-order valence-corrected chi connectivity index (χ2v) is 7.74. The molecule has 2 heterocycles. The molecule has 1 nitrogen and oxygen atoms in total. The second kappa shape index (κ2) is 6.34. The van der Waals surface area contributed by atoms with Crippen LogP contribution in [0.2, 0.25) is 4.34 Å². The molecule has 0 saturated heterocycles. The van der Waals surface area contributed by atoms with Crippen molar-refractivity contribution in [1.82, 2.24) is 5.32 Å². The molecule has 0 aliphatic heterocycles. The quantitative estimate of drug-likeness (QED) is 0.759. The molecule has 0 unspecified atom stereocenters. The SMILES string of the molecule is Cc1sc(CNCCc2ccc(Cl)s2)cc1Br. The second-order valence-electron chi connectivity index (χ2n) is 3.75. The van der Waals surface area contributed by atoms with Crippen molar-refractivity contribution in [3.8, 4) is 0 Å². The molecule has 0 radical (unpaired) electrons. The maximum atomic E-state index is 5.88. The molecule has 1 N–H and O–H groups in total. The molecule has 0 bridgehead atoms. The number of rotatable bonds is 5. The normalized spacial score (nSPS) is 11.0. The van der Waals surface area contributed by atoms with E-state index in [9.17, 15) is 0 Å². The first-order valence-corrected chi connectivity index (χ1v) is 8.15. The van der Waals surface area contributed by atoms with Gasteiger partial charge in [0.15, 0.2) is 0 Å². The number of hydrogen-bond donors (Lipinski definition) is 1. The van der Waals surface area contributed by atoms with Crippen LogP contribution in [-0.2, 0) is 13.0 Å². The molecular weight excluding hydrogens is 338 g/mol. The van der Waals surface area contributed by atoms with Crippen LogP contribution in [0.15, 0.2) is 22.7 Å². The van der Waals surface area contributed by atoms with Crippen molar-refractivity contribution in [2.45, 2.75) is 19.9 Å². The zero-order chi connectivity index (χ0) is 12.3. The van der Waals surface area contributed by atoms with Gasteiger partial charge in [0.1, 0.15) is 0 Å². The maximum Gasteiger partial charge on any atom is 0.0931 e. The Balaban J connectivity index is 1.73. The molecule has 0 aliphatic rings. The predicted octanol–water partition coefficient (Wildman–Crippen LogP) is 4.87. The Morgan fingerprint density at radius 2 is 2.12 bits per heavy atom. The fourth-order valence-electron chi connectivity index (χ4n) is 1.51. The number of halogens is 2. The fraction of sp³-hybridized carbons (Fsp3) is 0.333. The molecule has 17 heavy (non-hydrogen) atoms. The van der Waals surface area contributed by atoms with Crippen LogP contribution in [0, 0.1) is 6.92 Å². The Morgan fingerprint density at radius 1 is 1.29 bits per heavy atom. The lowest BCUT2D eigenvalue weighted by molar-refractivity contribution is 0.697. The molecule has 0 aromatic carbocycles. The van der Waals surface area contributed by atoms with Crippen LogP contribution in [-0.4, -0.2) is 6.54 Å². The first kappa shape index (κ1) is 13.6. The first-order valence-electron chi connectivity index (χ1n) is 5.35. The molecule has 2 aromatic heterocycles. The van der Waals surface area contributed by atoms with Crippen LogP contribution >= 0.6 is 50.2 Å². The van der Waals surface area contributed by atoms with Gasteiger partial charge in [-0.3, -0.25) is 0 Å². The largest absolute Gasteiger partial charge is 0.311 e. The van der Waals surface area contributed by atoms with Crippen LogP contribution in [0.4, 0.5) is 0 Å². The van der Waals surface area contributed by atoms with Crippen molar-refractivity contribution < 1.29 is 0 Å². The van der Waals surface area contributed by atoms with E-state index in [4.69, 9.17) is 11.6 Å².